The van der Waals surface area contributed by atoms with Crippen LogP contribution in [0.3, 0.4) is 0 Å². The summed E-state index contributed by atoms with van der Waals surface area (Å²) >= 11 is 0. The second kappa shape index (κ2) is 4.46. The molecule has 23 heavy (non-hydrogen) atoms. The van der Waals surface area contributed by atoms with Crippen LogP contribution in [0.25, 0.3) is 27.2 Å². The first-order valence-corrected chi connectivity index (χ1v) is 6.80. The fraction of sp³-hybridized carbons (Fsp3) is 0.0588. The van der Waals surface area contributed by atoms with Crippen LogP contribution in [0.4, 0.5) is 13.2 Å². The number of pyridine rings is 1. The Bertz CT molecular complexity index is 1120. The third-order valence-electron chi connectivity index (χ3n) is 3.83. The summed E-state index contributed by atoms with van der Waals surface area (Å²) in [7, 11) is 0. The molecule has 0 N–H and O–H groups in total. The van der Waals surface area contributed by atoms with E-state index in [1.54, 1.807) is 36.4 Å². The molecule has 2 aromatic carbocycles. The van der Waals surface area contributed by atoms with Crippen LogP contribution in [0.1, 0.15) is 11.3 Å². The number of alkyl halides is 3. The Labute approximate surface area is 128 Å². The van der Waals surface area contributed by atoms with E-state index in [1.807, 2.05) is 6.07 Å². The maximum Gasteiger partial charge on any atom is 0.433 e. The molecule has 3 nitrogen and oxygen atoms in total. The number of benzene rings is 2. The van der Waals surface area contributed by atoms with Crippen molar-refractivity contribution in [1.82, 2.24) is 9.61 Å². The van der Waals surface area contributed by atoms with Gasteiger partial charge < -0.3 is 0 Å². The quantitative estimate of drug-likeness (QED) is 0.479. The number of aromatic nitrogens is 2. The van der Waals surface area contributed by atoms with Crippen LogP contribution in [0.15, 0.2) is 48.5 Å². The van der Waals surface area contributed by atoms with E-state index in [4.69, 9.17) is 5.26 Å². The summed E-state index contributed by atoms with van der Waals surface area (Å²) in [5.74, 6) is 0. The van der Waals surface area contributed by atoms with Crippen LogP contribution < -0.4 is 0 Å². The summed E-state index contributed by atoms with van der Waals surface area (Å²) in [6.45, 7) is 0. The maximum atomic E-state index is 13.4. The predicted octanol–water partition coefficient (Wildman–Crippen LogP) is 4.53. The zero-order valence-electron chi connectivity index (χ0n) is 11.6. The molecular weight excluding hydrogens is 303 g/mol. The topological polar surface area (TPSA) is 41.1 Å². The van der Waals surface area contributed by atoms with Gasteiger partial charge in [-0.1, -0.05) is 24.3 Å². The van der Waals surface area contributed by atoms with Crippen LogP contribution in [0.5, 0.6) is 0 Å². The summed E-state index contributed by atoms with van der Waals surface area (Å²) in [5.41, 5.74) is 0.356. The molecule has 0 aliphatic rings. The molecule has 0 saturated carbocycles. The molecule has 0 radical (unpaired) electrons. The lowest BCUT2D eigenvalue weighted by molar-refractivity contribution is -0.142. The van der Waals surface area contributed by atoms with E-state index in [-0.39, 0.29) is 0 Å². The lowest BCUT2D eigenvalue weighted by Gasteiger charge is -2.11. The molecule has 0 fully saturated rings. The van der Waals surface area contributed by atoms with E-state index in [9.17, 15) is 13.2 Å². The van der Waals surface area contributed by atoms with E-state index in [0.29, 0.717) is 32.8 Å². The van der Waals surface area contributed by atoms with Gasteiger partial charge in [0.05, 0.1) is 22.7 Å². The second-order valence-corrected chi connectivity index (χ2v) is 5.22. The van der Waals surface area contributed by atoms with E-state index in [2.05, 4.69) is 5.10 Å². The third-order valence-corrected chi connectivity index (χ3v) is 3.83. The van der Waals surface area contributed by atoms with Crippen molar-refractivity contribution in [3.63, 3.8) is 0 Å². The van der Waals surface area contributed by atoms with Crippen LogP contribution >= 0.6 is 0 Å². The Morgan fingerprint density at radius 3 is 2.52 bits per heavy atom. The first-order chi connectivity index (χ1) is 11.0. The van der Waals surface area contributed by atoms with Gasteiger partial charge in [0.2, 0.25) is 0 Å². The van der Waals surface area contributed by atoms with Crippen molar-refractivity contribution < 1.29 is 13.2 Å². The molecule has 4 rings (SSSR count). The Balaban J connectivity index is 2.30. The number of rotatable bonds is 0. The van der Waals surface area contributed by atoms with Crippen molar-refractivity contribution in [2.45, 2.75) is 6.18 Å². The third kappa shape index (κ3) is 1.94. The number of halogens is 3. The highest BCUT2D eigenvalue weighted by Gasteiger charge is 2.35. The molecule has 6 heteroatoms. The fourth-order valence-corrected chi connectivity index (χ4v) is 2.84. The van der Waals surface area contributed by atoms with Gasteiger partial charge >= 0.3 is 6.18 Å². The minimum atomic E-state index is -4.54. The van der Waals surface area contributed by atoms with Gasteiger partial charge in [-0.05, 0) is 29.7 Å². The highest BCUT2D eigenvalue weighted by Crippen LogP contribution is 2.36. The number of hydrogen-bond acceptors (Lipinski definition) is 2. The molecular formula is C17H8F3N3. The molecule has 0 aliphatic carbocycles. The minimum Gasteiger partial charge on any atom is -0.227 e. The van der Waals surface area contributed by atoms with Crippen molar-refractivity contribution in [3.8, 4) is 6.07 Å². The van der Waals surface area contributed by atoms with Gasteiger partial charge in [-0.25, -0.2) is 4.52 Å². The first kappa shape index (κ1) is 13.6. The SMILES string of the molecule is N#Cc1ccc2c(c1)cc(C(F)(F)F)n1nc3ccccc3c21. The van der Waals surface area contributed by atoms with Crippen LogP contribution in [0.2, 0.25) is 0 Å². The molecule has 2 heterocycles. The summed E-state index contributed by atoms with van der Waals surface area (Å²) < 4.78 is 41.2. The number of nitrogens with zero attached hydrogens (tertiary/aromatic N) is 3. The van der Waals surface area contributed by atoms with Gasteiger partial charge in [-0.3, -0.25) is 0 Å². The van der Waals surface area contributed by atoms with Crippen LogP contribution in [-0.4, -0.2) is 9.61 Å². The Morgan fingerprint density at radius 1 is 1.00 bits per heavy atom. The minimum absolute atomic E-state index is 0.318. The van der Waals surface area contributed by atoms with Gasteiger partial charge in [0.25, 0.3) is 0 Å². The standard InChI is InChI=1S/C17H8F3N3/c18-17(19,20)15-8-11-7-10(9-21)5-6-12(11)16-13-3-1-2-4-14(13)22-23(15)16/h1-8H. The zero-order valence-corrected chi connectivity index (χ0v) is 11.6. The highest BCUT2D eigenvalue weighted by atomic mass is 19.4. The number of nitriles is 1. The number of fused-ring (bicyclic) bond motifs is 5. The van der Waals surface area contributed by atoms with Gasteiger partial charge in [0.1, 0.15) is 5.69 Å². The second-order valence-electron chi connectivity index (χ2n) is 5.22. The Morgan fingerprint density at radius 2 is 1.78 bits per heavy atom. The lowest BCUT2D eigenvalue weighted by Crippen LogP contribution is -2.12. The monoisotopic (exact) mass is 311 g/mol. The molecule has 0 unspecified atom stereocenters. The molecule has 2 aromatic heterocycles. The average Bonchev–Trinajstić information content (AvgIpc) is 2.92. The van der Waals surface area contributed by atoms with E-state index >= 15 is 0 Å². The average molecular weight is 311 g/mol. The molecule has 0 bridgehead atoms. The van der Waals surface area contributed by atoms with E-state index < -0.39 is 11.9 Å². The first-order valence-electron chi connectivity index (χ1n) is 6.80. The Kier molecular flexibility index (Phi) is 2.64. The van der Waals surface area contributed by atoms with Gasteiger partial charge in [0, 0.05) is 10.8 Å². The predicted molar refractivity (Wildman–Crippen MR) is 79.9 cm³/mol. The molecule has 0 spiro atoms. The normalized spacial score (nSPS) is 12.1. The van der Waals surface area contributed by atoms with Crippen molar-refractivity contribution in [3.05, 3.63) is 59.8 Å². The molecule has 0 saturated heterocycles. The summed E-state index contributed by atoms with van der Waals surface area (Å²) in [5, 5.41) is 14.7. The van der Waals surface area contributed by atoms with Crippen molar-refractivity contribution >= 4 is 27.2 Å². The van der Waals surface area contributed by atoms with Gasteiger partial charge in [-0.2, -0.15) is 23.5 Å². The van der Waals surface area contributed by atoms with E-state index in [1.165, 1.54) is 6.07 Å². The lowest BCUT2D eigenvalue weighted by atomic mass is 10.0. The summed E-state index contributed by atoms with van der Waals surface area (Å²) in [4.78, 5) is 0. The molecule has 0 amide bonds. The smallest absolute Gasteiger partial charge is 0.227 e. The molecule has 0 atom stereocenters. The largest absolute Gasteiger partial charge is 0.433 e. The number of hydrogen-bond donors (Lipinski definition) is 0. The van der Waals surface area contributed by atoms with Gasteiger partial charge in [0.15, 0.2) is 0 Å². The fourth-order valence-electron chi connectivity index (χ4n) is 2.84. The van der Waals surface area contributed by atoms with Gasteiger partial charge in [-0.15, -0.1) is 0 Å². The van der Waals surface area contributed by atoms with Crippen molar-refractivity contribution in [2.75, 3.05) is 0 Å². The molecule has 0 aliphatic heterocycles. The molecule has 112 valence electrons. The van der Waals surface area contributed by atoms with E-state index in [0.717, 1.165) is 10.6 Å². The summed E-state index contributed by atoms with van der Waals surface area (Å²) in [6.07, 6.45) is -4.54. The summed E-state index contributed by atoms with van der Waals surface area (Å²) in [6, 6.07) is 14.6. The zero-order chi connectivity index (χ0) is 16.2. The van der Waals surface area contributed by atoms with Crippen LogP contribution in [-0.2, 0) is 6.18 Å². The highest BCUT2D eigenvalue weighted by molar-refractivity contribution is 6.09. The van der Waals surface area contributed by atoms with Crippen molar-refractivity contribution in [2.24, 2.45) is 0 Å². The van der Waals surface area contributed by atoms with Crippen LogP contribution in [0, 0.1) is 11.3 Å². The van der Waals surface area contributed by atoms with Crippen molar-refractivity contribution in [1.29, 1.82) is 5.26 Å². The molecule has 4 aromatic rings. The Hall–Kier alpha value is -3.07. The maximum absolute atomic E-state index is 13.4.